The number of piperazine rings is 1. The fraction of sp³-hybridized carbons (Fsp3) is 0.280. The third-order valence-corrected chi connectivity index (χ3v) is 6.57. The smallest absolute Gasteiger partial charge is 0.407 e. The van der Waals surface area contributed by atoms with Gasteiger partial charge in [0.1, 0.15) is 12.3 Å². The number of hydrogen-bond donors (Lipinski definition) is 1. The van der Waals surface area contributed by atoms with Gasteiger partial charge >= 0.3 is 6.09 Å². The Hall–Kier alpha value is -3.94. The largest absolute Gasteiger partial charge is 0.465 e. The van der Waals surface area contributed by atoms with Crippen LogP contribution in [0.5, 0.6) is 0 Å². The minimum absolute atomic E-state index is 0.0378. The van der Waals surface area contributed by atoms with E-state index in [0.717, 1.165) is 29.0 Å². The molecule has 1 N–H and O–H groups in total. The van der Waals surface area contributed by atoms with Crippen LogP contribution in [0.15, 0.2) is 60.9 Å². The molecule has 2 amide bonds. The Labute approximate surface area is 191 Å². The molecule has 1 aliphatic carbocycles. The maximum absolute atomic E-state index is 13.6. The summed E-state index contributed by atoms with van der Waals surface area (Å²) in [6.45, 7) is 0.263. The van der Waals surface area contributed by atoms with E-state index in [-0.39, 0.29) is 37.3 Å². The molecule has 0 unspecified atom stereocenters. The fourth-order valence-electron chi connectivity index (χ4n) is 4.90. The van der Waals surface area contributed by atoms with Crippen molar-refractivity contribution in [2.24, 2.45) is 0 Å². The second-order valence-electron chi connectivity index (χ2n) is 8.48. The number of carbonyl (C=O) groups is 3. The summed E-state index contributed by atoms with van der Waals surface area (Å²) in [6.07, 6.45) is 2.97. The van der Waals surface area contributed by atoms with Gasteiger partial charge in [-0.2, -0.15) is 0 Å². The zero-order valence-corrected chi connectivity index (χ0v) is 18.0. The van der Waals surface area contributed by atoms with Gasteiger partial charge < -0.3 is 24.3 Å². The molecule has 1 aliphatic heterocycles. The summed E-state index contributed by atoms with van der Waals surface area (Å²) >= 11 is 0. The standard InChI is InChI=1S/C25H24N4O4/c30-15-21-14-27(25(32)33)10-11-28(21)24(31)22-23(17-6-2-1-3-7-17)29(16-26-22)20-12-18-8-4-5-9-19(18)13-20/h1-9,15-16,20-21H,10-14H2,(H,32,33)/t21-/m0/s1. The fourth-order valence-corrected chi connectivity index (χ4v) is 4.90. The molecule has 8 heteroatoms. The Morgan fingerprint density at radius 3 is 2.27 bits per heavy atom. The van der Waals surface area contributed by atoms with Crippen molar-refractivity contribution in [2.45, 2.75) is 24.9 Å². The Balaban J connectivity index is 1.51. The summed E-state index contributed by atoms with van der Waals surface area (Å²) in [7, 11) is 0. The van der Waals surface area contributed by atoms with Gasteiger partial charge in [-0.05, 0) is 24.0 Å². The van der Waals surface area contributed by atoms with Crippen LogP contribution in [-0.4, -0.2) is 68.4 Å². The molecule has 33 heavy (non-hydrogen) atoms. The van der Waals surface area contributed by atoms with Crippen molar-refractivity contribution < 1.29 is 19.5 Å². The number of aldehydes is 1. The minimum atomic E-state index is -1.09. The van der Waals surface area contributed by atoms with E-state index in [4.69, 9.17) is 0 Å². The molecule has 0 spiro atoms. The molecule has 0 radical (unpaired) electrons. The van der Waals surface area contributed by atoms with E-state index in [2.05, 4.69) is 21.7 Å². The summed E-state index contributed by atoms with van der Waals surface area (Å²) in [5, 5.41) is 9.28. The number of hydrogen-bond acceptors (Lipinski definition) is 4. The van der Waals surface area contributed by atoms with Crippen LogP contribution in [0.4, 0.5) is 4.79 Å². The highest BCUT2D eigenvalue weighted by Crippen LogP contribution is 2.35. The Kier molecular flexibility index (Phi) is 5.42. The number of carbonyl (C=O) groups excluding carboxylic acids is 2. The van der Waals surface area contributed by atoms with Gasteiger partial charge in [-0.25, -0.2) is 9.78 Å². The van der Waals surface area contributed by atoms with Crippen LogP contribution in [0, 0.1) is 0 Å². The summed E-state index contributed by atoms with van der Waals surface area (Å²) in [4.78, 5) is 43.8. The van der Waals surface area contributed by atoms with Crippen molar-refractivity contribution >= 4 is 18.3 Å². The van der Waals surface area contributed by atoms with E-state index in [1.807, 2.05) is 42.5 Å². The van der Waals surface area contributed by atoms with Gasteiger partial charge in [0.15, 0.2) is 5.69 Å². The molecular weight excluding hydrogens is 420 g/mol. The average molecular weight is 444 g/mol. The second-order valence-corrected chi connectivity index (χ2v) is 8.48. The van der Waals surface area contributed by atoms with Gasteiger partial charge in [0.05, 0.1) is 18.6 Å². The number of aromatic nitrogens is 2. The molecule has 1 fully saturated rings. The molecule has 1 atom stereocenters. The quantitative estimate of drug-likeness (QED) is 0.625. The van der Waals surface area contributed by atoms with Crippen molar-refractivity contribution in [2.75, 3.05) is 19.6 Å². The lowest BCUT2D eigenvalue weighted by Crippen LogP contribution is -2.57. The molecule has 0 bridgehead atoms. The van der Waals surface area contributed by atoms with Gasteiger partial charge in [-0.15, -0.1) is 0 Å². The van der Waals surface area contributed by atoms with Gasteiger partial charge in [-0.1, -0.05) is 54.6 Å². The van der Waals surface area contributed by atoms with E-state index in [0.29, 0.717) is 6.29 Å². The maximum Gasteiger partial charge on any atom is 0.407 e. The number of fused-ring (bicyclic) bond motifs is 1. The lowest BCUT2D eigenvalue weighted by Gasteiger charge is -2.37. The van der Waals surface area contributed by atoms with Crippen LogP contribution in [0.25, 0.3) is 11.3 Å². The predicted octanol–water partition coefficient (Wildman–Crippen LogP) is 2.89. The van der Waals surface area contributed by atoms with Crippen molar-refractivity contribution in [1.82, 2.24) is 19.4 Å². The van der Waals surface area contributed by atoms with Gasteiger partial charge in [0, 0.05) is 24.7 Å². The van der Waals surface area contributed by atoms with Crippen LogP contribution < -0.4 is 0 Å². The van der Waals surface area contributed by atoms with E-state index in [1.165, 1.54) is 16.0 Å². The van der Waals surface area contributed by atoms with Crippen molar-refractivity contribution in [3.05, 3.63) is 77.7 Å². The molecular formula is C25H24N4O4. The van der Waals surface area contributed by atoms with Crippen LogP contribution in [0.1, 0.15) is 27.7 Å². The third-order valence-electron chi connectivity index (χ3n) is 6.57. The molecule has 168 valence electrons. The first-order valence-corrected chi connectivity index (χ1v) is 11.0. The highest BCUT2D eigenvalue weighted by Gasteiger charge is 2.36. The number of nitrogens with zero attached hydrogens (tertiary/aromatic N) is 4. The summed E-state index contributed by atoms with van der Waals surface area (Å²) in [5.41, 5.74) is 4.49. The summed E-state index contributed by atoms with van der Waals surface area (Å²) in [5.74, 6) is -0.356. The van der Waals surface area contributed by atoms with Crippen molar-refractivity contribution in [3.8, 4) is 11.3 Å². The number of benzene rings is 2. The Morgan fingerprint density at radius 1 is 0.970 bits per heavy atom. The van der Waals surface area contributed by atoms with Crippen LogP contribution in [0.3, 0.4) is 0 Å². The lowest BCUT2D eigenvalue weighted by atomic mass is 10.1. The number of amides is 2. The Bertz CT molecular complexity index is 1180. The molecule has 8 nitrogen and oxygen atoms in total. The summed E-state index contributed by atoms with van der Waals surface area (Å²) in [6, 6.07) is 17.3. The second kappa shape index (κ2) is 8.54. The maximum atomic E-state index is 13.6. The van der Waals surface area contributed by atoms with Gasteiger partial charge in [0.25, 0.3) is 5.91 Å². The molecule has 3 aromatic rings. The van der Waals surface area contributed by atoms with E-state index in [9.17, 15) is 19.5 Å². The monoisotopic (exact) mass is 444 g/mol. The molecule has 2 aromatic carbocycles. The lowest BCUT2D eigenvalue weighted by molar-refractivity contribution is -0.113. The number of carboxylic acid groups (broad SMARTS) is 1. The van der Waals surface area contributed by atoms with E-state index >= 15 is 0 Å². The highest BCUT2D eigenvalue weighted by atomic mass is 16.4. The number of rotatable bonds is 4. The SMILES string of the molecule is O=C[C@@H]1CN(C(=O)O)CCN1C(=O)c1ncn(C2Cc3ccccc3C2)c1-c1ccccc1. The molecule has 1 aromatic heterocycles. The molecule has 1 saturated heterocycles. The van der Waals surface area contributed by atoms with Gasteiger partial charge in [-0.3, -0.25) is 4.79 Å². The summed E-state index contributed by atoms with van der Waals surface area (Å²) < 4.78 is 2.08. The van der Waals surface area contributed by atoms with Crippen LogP contribution in [0.2, 0.25) is 0 Å². The normalized spacial score (nSPS) is 18.2. The molecule has 2 heterocycles. The van der Waals surface area contributed by atoms with E-state index < -0.39 is 12.1 Å². The first-order valence-electron chi connectivity index (χ1n) is 11.0. The molecule has 5 rings (SSSR count). The van der Waals surface area contributed by atoms with Crippen LogP contribution in [-0.2, 0) is 17.6 Å². The first kappa shape index (κ1) is 20.9. The average Bonchev–Trinajstić information content (AvgIpc) is 3.48. The van der Waals surface area contributed by atoms with Crippen LogP contribution >= 0.6 is 0 Å². The number of imidazole rings is 1. The highest BCUT2D eigenvalue weighted by molar-refractivity contribution is 5.99. The minimum Gasteiger partial charge on any atom is -0.465 e. The zero-order chi connectivity index (χ0) is 22.9. The van der Waals surface area contributed by atoms with Gasteiger partial charge in [0.2, 0.25) is 0 Å². The third kappa shape index (κ3) is 3.77. The molecule has 2 aliphatic rings. The zero-order valence-electron chi connectivity index (χ0n) is 18.0. The topological polar surface area (TPSA) is 95.7 Å². The Morgan fingerprint density at radius 2 is 1.64 bits per heavy atom. The molecule has 0 saturated carbocycles. The predicted molar refractivity (Wildman–Crippen MR) is 121 cm³/mol. The van der Waals surface area contributed by atoms with Crippen molar-refractivity contribution in [3.63, 3.8) is 0 Å². The van der Waals surface area contributed by atoms with Crippen molar-refractivity contribution in [1.29, 1.82) is 0 Å². The first-order chi connectivity index (χ1) is 16.1. The van der Waals surface area contributed by atoms with E-state index in [1.54, 1.807) is 6.33 Å².